The van der Waals surface area contributed by atoms with Crippen molar-refractivity contribution in [3.05, 3.63) is 24.0 Å². The summed E-state index contributed by atoms with van der Waals surface area (Å²) in [4.78, 5) is 4.20. The second kappa shape index (κ2) is 7.19. The lowest BCUT2D eigenvalue weighted by molar-refractivity contribution is 0.428. The number of aromatic nitrogens is 1. The van der Waals surface area contributed by atoms with E-state index in [4.69, 9.17) is 0 Å². The number of nitrogens with zero attached hydrogens (tertiary/aromatic N) is 2. The van der Waals surface area contributed by atoms with Crippen LogP contribution < -0.4 is 16.0 Å². The minimum atomic E-state index is 0.155. The van der Waals surface area contributed by atoms with Crippen molar-refractivity contribution in [2.75, 3.05) is 20.1 Å². The predicted octanol–water partition coefficient (Wildman–Crippen LogP) is 1.08. The van der Waals surface area contributed by atoms with Crippen molar-refractivity contribution in [2.24, 2.45) is 12.0 Å². The van der Waals surface area contributed by atoms with Crippen LogP contribution in [0.3, 0.4) is 0 Å². The highest BCUT2D eigenvalue weighted by molar-refractivity contribution is 5.79. The topological polar surface area (TPSA) is 53.4 Å². The molecular weight excluding hydrogens is 238 g/mol. The Morgan fingerprint density at radius 2 is 2.00 bits per heavy atom. The number of aryl methyl sites for hydroxylation is 1. The van der Waals surface area contributed by atoms with Gasteiger partial charge in [-0.3, -0.25) is 4.99 Å². The minimum Gasteiger partial charge on any atom is -0.357 e. The van der Waals surface area contributed by atoms with Crippen LogP contribution in [0.1, 0.15) is 26.3 Å². The van der Waals surface area contributed by atoms with Gasteiger partial charge >= 0.3 is 0 Å². The smallest absolute Gasteiger partial charge is 0.191 e. The molecular formula is C14H27N5. The fraction of sp³-hybridized carbons (Fsp3) is 0.643. The molecule has 0 unspecified atom stereocenters. The van der Waals surface area contributed by atoms with E-state index in [1.54, 1.807) is 7.05 Å². The highest BCUT2D eigenvalue weighted by atomic mass is 15.2. The number of rotatable bonds is 5. The Hall–Kier alpha value is -1.49. The van der Waals surface area contributed by atoms with Crippen LogP contribution in [0.5, 0.6) is 0 Å². The molecule has 3 N–H and O–H groups in total. The highest BCUT2D eigenvalue weighted by Crippen LogP contribution is 1.98. The predicted molar refractivity (Wildman–Crippen MR) is 81.4 cm³/mol. The third-order valence-corrected chi connectivity index (χ3v) is 2.65. The largest absolute Gasteiger partial charge is 0.357 e. The summed E-state index contributed by atoms with van der Waals surface area (Å²) in [5.74, 6) is 0.833. The molecule has 0 atom stereocenters. The molecule has 0 radical (unpaired) electrons. The molecule has 0 spiro atoms. The van der Waals surface area contributed by atoms with Gasteiger partial charge in [0.15, 0.2) is 5.96 Å². The zero-order valence-electron chi connectivity index (χ0n) is 12.7. The summed E-state index contributed by atoms with van der Waals surface area (Å²) in [6.45, 7) is 9.04. The fourth-order valence-corrected chi connectivity index (χ4v) is 1.69. The molecule has 0 aromatic carbocycles. The van der Waals surface area contributed by atoms with E-state index in [0.29, 0.717) is 0 Å². The van der Waals surface area contributed by atoms with E-state index in [0.717, 1.165) is 25.6 Å². The van der Waals surface area contributed by atoms with Crippen LogP contribution in [0.15, 0.2) is 23.5 Å². The Bertz CT molecular complexity index is 400. The molecule has 0 bridgehead atoms. The maximum atomic E-state index is 4.20. The first-order valence-electron chi connectivity index (χ1n) is 6.71. The van der Waals surface area contributed by atoms with E-state index in [-0.39, 0.29) is 5.54 Å². The third-order valence-electron chi connectivity index (χ3n) is 2.65. The van der Waals surface area contributed by atoms with Crippen molar-refractivity contribution in [3.8, 4) is 0 Å². The molecule has 5 nitrogen and oxygen atoms in total. The zero-order chi connectivity index (χ0) is 14.3. The molecule has 108 valence electrons. The molecule has 1 heterocycles. The average molecular weight is 265 g/mol. The van der Waals surface area contributed by atoms with Crippen molar-refractivity contribution in [3.63, 3.8) is 0 Å². The molecule has 0 aliphatic rings. The van der Waals surface area contributed by atoms with Gasteiger partial charge in [-0.1, -0.05) is 0 Å². The van der Waals surface area contributed by atoms with Gasteiger partial charge in [0.05, 0.1) is 0 Å². The van der Waals surface area contributed by atoms with Gasteiger partial charge in [-0.15, -0.1) is 0 Å². The van der Waals surface area contributed by atoms with E-state index in [9.17, 15) is 0 Å². The van der Waals surface area contributed by atoms with E-state index in [1.807, 2.05) is 17.8 Å². The van der Waals surface area contributed by atoms with Crippen LogP contribution in [0, 0.1) is 0 Å². The molecule has 0 fully saturated rings. The summed E-state index contributed by atoms with van der Waals surface area (Å²) in [5.41, 5.74) is 1.40. The number of aliphatic imine (C=N–C) groups is 1. The summed E-state index contributed by atoms with van der Waals surface area (Å²) in [5, 5.41) is 10.0. The molecule has 0 aliphatic carbocycles. The summed E-state index contributed by atoms with van der Waals surface area (Å²) in [7, 11) is 3.81. The first kappa shape index (κ1) is 15.6. The van der Waals surface area contributed by atoms with Gasteiger partial charge in [-0.05, 0) is 32.4 Å². The van der Waals surface area contributed by atoms with Crippen molar-refractivity contribution in [2.45, 2.75) is 32.9 Å². The number of guanidine groups is 1. The van der Waals surface area contributed by atoms with Crippen LogP contribution in [0.2, 0.25) is 0 Å². The number of hydrogen-bond acceptors (Lipinski definition) is 2. The minimum absolute atomic E-state index is 0.155. The van der Waals surface area contributed by atoms with Crippen LogP contribution >= 0.6 is 0 Å². The summed E-state index contributed by atoms with van der Waals surface area (Å²) >= 11 is 0. The van der Waals surface area contributed by atoms with Crippen LogP contribution in [-0.4, -0.2) is 36.2 Å². The third kappa shape index (κ3) is 6.86. The Kier molecular flexibility index (Phi) is 5.89. The molecule has 5 heteroatoms. The Morgan fingerprint density at radius 1 is 1.26 bits per heavy atom. The quantitative estimate of drug-likeness (QED) is 0.424. The van der Waals surface area contributed by atoms with E-state index in [1.165, 1.54) is 5.56 Å². The molecule has 1 rings (SSSR count). The van der Waals surface area contributed by atoms with Crippen LogP contribution in [0.25, 0.3) is 0 Å². The number of nitrogens with one attached hydrogen (secondary N) is 3. The van der Waals surface area contributed by atoms with E-state index < -0.39 is 0 Å². The molecule has 0 aliphatic heterocycles. The lowest BCUT2D eigenvalue weighted by Crippen LogP contribution is -2.44. The van der Waals surface area contributed by atoms with Crippen LogP contribution in [0.4, 0.5) is 0 Å². The maximum Gasteiger partial charge on any atom is 0.191 e. The van der Waals surface area contributed by atoms with Crippen LogP contribution in [-0.2, 0) is 13.6 Å². The fourth-order valence-electron chi connectivity index (χ4n) is 1.69. The lowest BCUT2D eigenvalue weighted by Gasteiger charge is -2.21. The van der Waals surface area contributed by atoms with Crippen molar-refractivity contribution in [1.29, 1.82) is 0 Å². The van der Waals surface area contributed by atoms with E-state index >= 15 is 0 Å². The first-order valence-corrected chi connectivity index (χ1v) is 6.71. The lowest BCUT2D eigenvalue weighted by atomic mass is 10.1. The van der Waals surface area contributed by atoms with E-state index in [2.05, 4.69) is 54.0 Å². The van der Waals surface area contributed by atoms with Gasteiger partial charge < -0.3 is 20.5 Å². The molecule has 0 saturated carbocycles. The second-order valence-corrected chi connectivity index (χ2v) is 5.71. The average Bonchev–Trinajstić information content (AvgIpc) is 2.73. The van der Waals surface area contributed by atoms with Crippen molar-refractivity contribution in [1.82, 2.24) is 20.5 Å². The molecule has 1 aromatic rings. The summed E-state index contributed by atoms with van der Waals surface area (Å²) in [6, 6.07) is 2.10. The van der Waals surface area contributed by atoms with Crippen molar-refractivity contribution < 1.29 is 0 Å². The summed E-state index contributed by atoms with van der Waals surface area (Å²) < 4.78 is 2.04. The Labute approximate surface area is 116 Å². The second-order valence-electron chi connectivity index (χ2n) is 5.71. The van der Waals surface area contributed by atoms with Gasteiger partial charge in [-0.25, -0.2) is 0 Å². The molecule has 0 saturated heterocycles. The summed E-state index contributed by atoms with van der Waals surface area (Å²) in [6.07, 6.45) is 4.14. The SMILES string of the molecule is CN=C(NCCNC(C)(C)C)NCc1ccn(C)c1. The number of hydrogen-bond donors (Lipinski definition) is 3. The zero-order valence-corrected chi connectivity index (χ0v) is 12.7. The maximum absolute atomic E-state index is 4.20. The first-order chi connectivity index (χ1) is 8.90. The van der Waals surface area contributed by atoms with Gasteiger partial charge in [0.1, 0.15) is 0 Å². The Morgan fingerprint density at radius 3 is 2.53 bits per heavy atom. The molecule has 0 amide bonds. The molecule has 1 aromatic heterocycles. The molecule has 19 heavy (non-hydrogen) atoms. The van der Waals surface area contributed by atoms with Gasteiger partial charge in [0, 0.05) is 51.7 Å². The highest BCUT2D eigenvalue weighted by Gasteiger charge is 2.07. The Balaban J connectivity index is 2.23. The standard InChI is InChI=1S/C14H27N5/c1-14(2,3)18-8-7-16-13(15-4)17-10-12-6-9-19(5)11-12/h6,9,11,18H,7-8,10H2,1-5H3,(H2,15,16,17). The van der Waals surface area contributed by atoms with Gasteiger partial charge in [0.25, 0.3) is 0 Å². The monoisotopic (exact) mass is 265 g/mol. The van der Waals surface area contributed by atoms with Gasteiger partial charge in [-0.2, -0.15) is 0 Å². The normalized spacial score (nSPS) is 12.6. The van der Waals surface area contributed by atoms with Crippen molar-refractivity contribution >= 4 is 5.96 Å². The van der Waals surface area contributed by atoms with Gasteiger partial charge in [0.2, 0.25) is 0 Å².